The Kier molecular flexibility index (Phi) is 5.17. The Morgan fingerprint density at radius 1 is 1.47 bits per heavy atom. The average molecular weight is 299 g/mol. The van der Waals surface area contributed by atoms with Gasteiger partial charge in [0.05, 0.1) is 10.9 Å². The smallest absolute Gasteiger partial charge is 0.310 e. The SMILES string of the molecule is CSc1ccc([C@H](CC2CCCC2)C(=O)O)cc1Cl. The normalized spacial score (nSPS) is 17.6. The van der Waals surface area contributed by atoms with Crippen molar-refractivity contribution in [2.75, 3.05) is 6.26 Å². The Bertz CT molecular complexity index is 455. The van der Waals surface area contributed by atoms with Crippen molar-refractivity contribution in [1.82, 2.24) is 0 Å². The van der Waals surface area contributed by atoms with Crippen LogP contribution >= 0.6 is 23.4 Å². The molecule has 1 saturated carbocycles. The Balaban J connectivity index is 2.18. The molecule has 1 N–H and O–H groups in total. The van der Waals surface area contributed by atoms with Crippen molar-refractivity contribution in [2.24, 2.45) is 5.92 Å². The summed E-state index contributed by atoms with van der Waals surface area (Å²) in [6.07, 6.45) is 7.52. The van der Waals surface area contributed by atoms with Crippen LogP contribution in [0.4, 0.5) is 0 Å². The van der Waals surface area contributed by atoms with E-state index in [0.717, 1.165) is 16.9 Å². The summed E-state index contributed by atoms with van der Waals surface area (Å²) in [5.74, 6) is -0.600. The van der Waals surface area contributed by atoms with Crippen LogP contribution in [0.2, 0.25) is 5.02 Å². The molecule has 1 aliphatic carbocycles. The molecule has 1 fully saturated rings. The lowest BCUT2D eigenvalue weighted by molar-refractivity contribution is -0.139. The highest BCUT2D eigenvalue weighted by atomic mass is 35.5. The maximum Gasteiger partial charge on any atom is 0.310 e. The standard InChI is InChI=1S/C15H19ClO2S/c1-19-14-7-6-11(9-13(14)16)12(15(17)18)8-10-4-2-3-5-10/h6-7,9-10,12H,2-5,8H2,1H3,(H,17,18)/t12-/m0/s1. The lowest BCUT2D eigenvalue weighted by Crippen LogP contribution is -2.15. The van der Waals surface area contributed by atoms with Crippen LogP contribution in [0.25, 0.3) is 0 Å². The van der Waals surface area contributed by atoms with Crippen LogP contribution in [0.5, 0.6) is 0 Å². The number of carboxylic acids is 1. The summed E-state index contributed by atoms with van der Waals surface area (Å²) in [7, 11) is 0. The number of halogens is 1. The zero-order valence-electron chi connectivity index (χ0n) is 11.1. The second-order valence-corrected chi connectivity index (χ2v) is 6.43. The van der Waals surface area contributed by atoms with Crippen LogP contribution in [-0.4, -0.2) is 17.3 Å². The van der Waals surface area contributed by atoms with E-state index >= 15 is 0 Å². The Hall–Kier alpha value is -0.670. The van der Waals surface area contributed by atoms with E-state index in [2.05, 4.69) is 0 Å². The van der Waals surface area contributed by atoms with Gasteiger partial charge in [-0.2, -0.15) is 0 Å². The lowest BCUT2D eigenvalue weighted by atomic mass is 9.88. The summed E-state index contributed by atoms with van der Waals surface area (Å²) in [5, 5.41) is 10.1. The van der Waals surface area contributed by atoms with E-state index in [4.69, 9.17) is 11.6 Å². The van der Waals surface area contributed by atoms with Gasteiger partial charge in [0.15, 0.2) is 0 Å². The molecule has 1 atom stereocenters. The molecule has 0 bridgehead atoms. The number of benzene rings is 1. The Morgan fingerprint density at radius 3 is 2.68 bits per heavy atom. The summed E-state index contributed by atoms with van der Waals surface area (Å²) in [6.45, 7) is 0. The first-order chi connectivity index (χ1) is 9.11. The molecule has 0 spiro atoms. The maximum absolute atomic E-state index is 11.5. The minimum atomic E-state index is -0.736. The molecule has 0 saturated heterocycles. The van der Waals surface area contributed by atoms with Gasteiger partial charge in [-0.15, -0.1) is 11.8 Å². The molecule has 2 rings (SSSR count). The molecule has 0 aliphatic heterocycles. The molecule has 0 amide bonds. The molecule has 2 nitrogen and oxygen atoms in total. The molecule has 1 aromatic rings. The Labute approximate surface area is 123 Å². The van der Waals surface area contributed by atoms with Crippen molar-refractivity contribution in [3.63, 3.8) is 0 Å². The van der Waals surface area contributed by atoms with E-state index in [1.165, 1.54) is 25.7 Å². The molecule has 1 aromatic carbocycles. The molecule has 104 valence electrons. The van der Waals surface area contributed by atoms with Crippen molar-refractivity contribution in [2.45, 2.75) is 42.9 Å². The summed E-state index contributed by atoms with van der Waals surface area (Å²) >= 11 is 7.76. The van der Waals surface area contributed by atoms with Crippen LogP contribution in [-0.2, 0) is 4.79 Å². The van der Waals surface area contributed by atoms with Gasteiger partial charge in [0.25, 0.3) is 0 Å². The number of aliphatic carboxylic acids is 1. The molecule has 19 heavy (non-hydrogen) atoms. The minimum Gasteiger partial charge on any atom is -0.481 e. The van der Waals surface area contributed by atoms with E-state index in [1.807, 2.05) is 24.5 Å². The van der Waals surface area contributed by atoms with Gasteiger partial charge >= 0.3 is 5.97 Å². The van der Waals surface area contributed by atoms with Crippen molar-refractivity contribution in [3.8, 4) is 0 Å². The highest BCUT2D eigenvalue weighted by molar-refractivity contribution is 7.98. The van der Waals surface area contributed by atoms with Gasteiger partial charge in [-0.25, -0.2) is 0 Å². The van der Waals surface area contributed by atoms with Crippen molar-refractivity contribution >= 4 is 29.3 Å². The predicted molar refractivity (Wildman–Crippen MR) is 80.2 cm³/mol. The first-order valence-electron chi connectivity index (χ1n) is 6.68. The first kappa shape index (κ1) is 14.7. The quantitative estimate of drug-likeness (QED) is 0.793. The fourth-order valence-corrected chi connectivity index (χ4v) is 3.74. The monoisotopic (exact) mass is 298 g/mol. The molecule has 1 aliphatic rings. The van der Waals surface area contributed by atoms with Gasteiger partial charge in [0.2, 0.25) is 0 Å². The number of hydrogen-bond acceptors (Lipinski definition) is 2. The molecule has 0 heterocycles. The lowest BCUT2D eigenvalue weighted by Gasteiger charge is -2.18. The van der Waals surface area contributed by atoms with E-state index in [9.17, 15) is 9.90 Å². The van der Waals surface area contributed by atoms with Crippen LogP contribution in [0.15, 0.2) is 23.1 Å². The van der Waals surface area contributed by atoms with Crippen molar-refractivity contribution in [1.29, 1.82) is 0 Å². The molecular weight excluding hydrogens is 280 g/mol. The van der Waals surface area contributed by atoms with E-state index in [0.29, 0.717) is 10.9 Å². The highest BCUT2D eigenvalue weighted by Gasteiger charge is 2.26. The van der Waals surface area contributed by atoms with Gasteiger partial charge in [0.1, 0.15) is 0 Å². The minimum absolute atomic E-state index is 0.420. The molecular formula is C15H19ClO2S. The predicted octanol–water partition coefficient (Wildman–Crippen LogP) is 4.81. The fourth-order valence-electron chi connectivity index (χ4n) is 2.86. The van der Waals surface area contributed by atoms with E-state index in [1.54, 1.807) is 11.8 Å². The van der Waals surface area contributed by atoms with Gasteiger partial charge < -0.3 is 5.11 Å². The third-order valence-corrected chi connectivity index (χ3v) is 5.14. The zero-order valence-corrected chi connectivity index (χ0v) is 12.6. The van der Waals surface area contributed by atoms with Gasteiger partial charge in [-0.05, 0) is 36.3 Å². The van der Waals surface area contributed by atoms with Gasteiger partial charge in [-0.1, -0.05) is 43.4 Å². The van der Waals surface area contributed by atoms with Crippen molar-refractivity contribution < 1.29 is 9.90 Å². The molecule has 0 unspecified atom stereocenters. The van der Waals surface area contributed by atoms with Gasteiger partial charge in [-0.3, -0.25) is 4.79 Å². The largest absolute Gasteiger partial charge is 0.481 e. The molecule has 0 radical (unpaired) electrons. The third kappa shape index (κ3) is 3.67. The van der Waals surface area contributed by atoms with Gasteiger partial charge in [0, 0.05) is 4.90 Å². The number of carbonyl (C=O) groups is 1. The molecule has 0 aromatic heterocycles. The van der Waals surface area contributed by atoms with Crippen LogP contribution < -0.4 is 0 Å². The van der Waals surface area contributed by atoms with E-state index < -0.39 is 11.9 Å². The van der Waals surface area contributed by atoms with E-state index in [-0.39, 0.29) is 0 Å². The highest BCUT2D eigenvalue weighted by Crippen LogP contribution is 2.36. The maximum atomic E-state index is 11.5. The first-order valence-corrected chi connectivity index (χ1v) is 8.28. The fraction of sp³-hybridized carbons (Fsp3) is 0.533. The number of hydrogen-bond donors (Lipinski definition) is 1. The summed E-state index contributed by atoms with van der Waals surface area (Å²) < 4.78 is 0. The van der Waals surface area contributed by atoms with Crippen LogP contribution in [0.1, 0.15) is 43.6 Å². The summed E-state index contributed by atoms with van der Waals surface area (Å²) in [5.41, 5.74) is 0.835. The Morgan fingerprint density at radius 2 is 2.16 bits per heavy atom. The number of carboxylic acid groups (broad SMARTS) is 1. The zero-order chi connectivity index (χ0) is 13.8. The second-order valence-electron chi connectivity index (χ2n) is 5.17. The average Bonchev–Trinajstić information content (AvgIpc) is 2.88. The van der Waals surface area contributed by atoms with Crippen LogP contribution in [0.3, 0.4) is 0 Å². The number of rotatable bonds is 5. The second kappa shape index (κ2) is 6.67. The third-order valence-electron chi connectivity index (χ3n) is 3.92. The number of thioether (sulfide) groups is 1. The molecule has 4 heteroatoms. The van der Waals surface area contributed by atoms with Crippen molar-refractivity contribution in [3.05, 3.63) is 28.8 Å². The summed E-state index contributed by atoms with van der Waals surface area (Å²) in [6, 6.07) is 5.65. The topological polar surface area (TPSA) is 37.3 Å². The summed E-state index contributed by atoms with van der Waals surface area (Å²) in [4.78, 5) is 12.5. The van der Waals surface area contributed by atoms with Crippen LogP contribution in [0, 0.1) is 5.92 Å².